The average molecular weight is 424 g/mol. The Balaban J connectivity index is 1.73. The fourth-order valence-electron chi connectivity index (χ4n) is 3.37. The number of esters is 1. The van der Waals surface area contributed by atoms with Crippen LogP contribution in [0.25, 0.3) is 0 Å². The third-order valence-electron chi connectivity index (χ3n) is 5.07. The molecule has 0 aromatic heterocycles. The number of rotatable bonds is 9. The van der Waals surface area contributed by atoms with Gasteiger partial charge >= 0.3 is 5.97 Å². The van der Waals surface area contributed by atoms with Crippen LogP contribution in [-0.4, -0.2) is 48.4 Å². The third-order valence-corrected chi connectivity index (χ3v) is 5.07. The Morgan fingerprint density at radius 2 is 1.84 bits per heavy atom. The fourth-order valence-corrected chi connectivity index (χ4v) is 3.37. The van der Waals surface area contributed by atoms with Gasteiger partial charge in [-0.3, -0.25) is 14.4 Å². The summed E-state index contributed by atoms with van der Waals surface area (Å²) < 4.78 is 11.1. The van der Waals surface area contributed by atoms with Gasteiger partial charge in [0.15, 0.2) is 0 Å². The van der Waals surface area contributed by atoms with Crippen molar-refractivity contribution >= 4 is 17.8 Å². The zero-order chi connectivity index (χ0) is 22.1. The zero-order valence-corrected chi connectivity index (χ0v) is 17.7. The van der Waals surface area contributed by atoms with Crippen LogP contribution < -0.4 is 10.1 Å². The summed E-state index contributed by atoms with van der Waals surface area (Å²) >= 11 is 0. The highest BCUT2D eigenvalue weighted by Crippen LogP contribution is 2.23. The SMILES string of the molecule is CCCCOC(=O)C[C@@H]1C(=O)NCCN1C(=O)c1ccccc1OCc1ccccc1. The van der Waals surface area contributed by atoms with Gasteiger partial charge in [-0.1, -0.05) is 55.8 Å². The van der Waals surface area contributed by atoms with Crippen LogP contribution in [0.2, 0.25) is 0 Å². The smallest absolute Gasteiger partial charge is 0.308 e. The lowest BCUT2D eigenvalue weighted by Gasteiger charge is -2.34. The lowest BCUT2D eigenvalue weighted by molar-refractivity contribution is -0.147. The number of benzene rings is 2. The summed E-state index contributed by atoms with van der Waals surface area (Å²) in [4.78, 5) is 39.4. The fraction of sp³-hybridized carbons (Fsp3) is 0.375. The van der Waals surface area contributed by atoms with Crippen LogP contribution in [-0.2, 0) is 20.9 Å². The molecule has 7 nitrogen and oxygen atoms in total. The monoisotopic (exact) mass is 424 g/mol. The molecule has 0 radical (unpaired) electrons. The van der Waals surface area contributed by atoms with Crippen molar-refractivity contribution in [3.8, 4) is 5.75 Å². The van der Waals surface area contributed by atoms with E-state index in [0.717, 1.165) is 18.4 Å². The van der Waals surface area contributed by atoms with Gasteiger partial charge in [0.1, 0.15) is 18.4 Å². The Kier molecular flexibility index (Phi) is 8.04. The third kappa shape index (κ3) is 6.07. The molecule has 7 heteroatoms. The number of hydrogen-bond acceptors (Lipinski definition) is 5. The summed E-state index contributed by atoms with van der Waals surface area (Å²) in [5, 5.41) is 2.73. The summed E-state index contributed by atoms with van der Waals surface area (Å²) in [5.41, 5.74) is 1.34. The highest BCUT2D eigenvalue weighted by molar-refractivity contribution is 6.01. The van der Waals surface area contributed by atoms with Crippen LogP contribution in [0.15, 0.2) is 54.6 Å². The molecule has 1 atom stereocenters. The van der Waals surface area contributed by atoms with Gasteiger partial charge in [0.25, 0.3) is 5.91 Å². The normalized spacial score (nSPS) is 15.8. The molecule has 1 aliphatic rings. The second-order valence-corrected chi connectivity index (χ2v) is 7.35. The van der Waals surface area contributed by atoms with Gasteiger partial charge in [-0.25, -0.2) is 0 Å². The van der Waals surface area contributed by atoms with E-state index in [4.69, 9.17) is 9.47 Å². The van der Waals surface area contributed by atoms with E-state index in [9.17, 15) is 14.4 Å². The summed E-state index contributed by atoms with van der Waals surface area (Å²) in [5.74, 6) is -0.742. The molecule has 2 amide bonds. The minimum absolute atomic E-state index is 0.172. The number of hydrogen-bond donors (Lipinski definition) is 1. The highest BCUT2D eigenvalue weighted by Gasteiger charge is 2.36. The standard InChI is InChI=1S/C24H28N2O5/c1-2-3-15-30-22(27)16-20-23(28)25-13-14-26(20)24(29)19-11-7-8-12-21(19)31-17-18-9-5-4-6-10-18/h4-12,20H,2-3,13-17H2,1H3,(H,25,28)/t20-/m1/s1. The number of para-hydroxylation sites is 1. The molecule has 0 saturated carbocycles. The van der Waals surface area contributed by atoms with Crippen molar-refractivity contribution in [3.63, 3.8) is 0 Å². The number of nitrogens with zero attached hydrogens (tertiary/aromatic N) is 1. The molecule has 0 unspecified atom stereocenters. The summed E-state index contributed by atoms with van der Waals surface area (Å²) in [6.07, 6.45) is 1.49. The van der Waals surface area contributed by atoms with Gasteiger partial charge < -0.3 is 19.7 Å². The van der Waals surface area contributed by atoms with Crippen molar-refractivity contribution in [2.45, 2.75) is 38.8 Å². The maximum atomic E-state index is 13.3. The van der Waals surface area contributed by atoms with E-state index in [2.05, 4.69) is 5.32 Å². The highest BCUT2D eigenvalue weighted by atomic mass is 16.5. The number of carbonyl (C=O) groups is 3. The molecule has 2 aromatic rings. The van der Waals surface area contributed by atoms with Gasteiger partial charge in [-0.05, 0) is 24.1 Å². The maximum absolute atomic E-state index is 13.3. The molecule has 0 aliphatic carbocycles. The predicted molar refractivity (Wildman–Crippen MR) is 116 cm³/mol. The van der Waals surface area contributed by atoms with Gasteiger partial charge in [-0.15, -0.1) is 0 Å². The first-order valence-corrected chi connectivity index (χ1v) is 10.6. The van der Waals surface area contributed by atoms with Crippen LogP contribution >= 0.6 is 0 Å². The van der Waals surface area contributed by atoms with Crippen molar-refractivity contribution in [1.82, 2.24) is 10.2 Å². The molecule has 1 N–H and O–H groups in total. The van der Waals surface area contributed by atoms with Gasteiger partial charge in [0.05, 0.1) is 18.6 Å². The van der Waals surface area contributed by atoms with Gasteiger partial charge in [0, 0.05) is 13.1 Å². The summed E-state index contributed by atoms with van der Waals surface area (Å²) in [7, 11) is 0. The quantitative estimate of drug-likeness (QED) is 0.494. The van der Waals surface area contributed by atoms with Gasteiger partial charge in [-0.2, -0.15) is 0 Å². The van der Waals surface area contributed by atoms with E-state index in [1.165, 1.54) is 4.90 Å². The van der Waals surface area contributed by atoms with Crippen molar-refractivity contribution in [3.05, 3.63) is 65.7 Å². The maximum Gasteiger partial charge on any atom is 0.308 e. The number of amides is 2. The zero-order valence-electron chi connectivity index (χ0n) is 17.7. The first-order valence-electron chi connectivity index (χ1n) is 10.6. The van der Waals surface area contributed by atoms with Crippen LogP contribution in [0.5, 0.6) is 5.75 Å². The molecule has 1 fully saturated rings. The molecular formula is C24H28N2O5. The largest absolute Gasteiger partial charge is 0.488 e. The van der Waals surface area contributed by atoms with E-state index < -0.39 is 12.0 Å². The summed E-state index contributed by atoms with van der Waals surface area (Å²) in [6.45, 7) is 3.27. The second-order valence-electron chi connectivity index (χ2n) is 7.35. The van der Waals surface area contributed by atoms with Crippen LogP contribution in [0, 0.1) is 0 Å². The van der Waals surface area contributed by atoms with E-state index in [1.54, 1.807) is 24.3 Å². The molecule has 0 spiro atoms. The first kappa shape index (κ1) is 22.3. The minimum Gasteiger partial charge on any atom is -0.488 e. The van der Waals surface area contributed by atoms with Crippen molar-refractivity contribution < 1.29 is 23.9 Å². The van der Waals surface area contributed by atoms with Crippen molar-refractivity contribution in [2.24, 2.45) is 0 Å². The Labute approximate surface area is 182 Å². The van der Waals surface area contributed by atoms with Crippen molar-refractivity contribution in [2.75, 3.05) is 19.7 Å². The number of nitrogens with one attached hydrogen (secondary N) is 1. The molecule has 164 valence electrons. The van der Waals surface area contributed by atoms with E-state index in [1.807, 2.05) is 37.3 Å². The van der Waals surface area contributed by atoms with Gasteiger partial charge in [0.2, 0.25) is 5.91 Å². The molecule has 3 rings (SSSR count). The Morgan fingerprint density at radius 1 is 1.10 bits per heavy atom. The van der Waals surface area contributed by atoms with Crippen molar-refractivity contribution in [1.29, 1.82) is 0 Å². The Hall–Kier alpha value is -3.35. The van der Waals surface area contributed by atoms with Crippen LogP contribution in [0.1, 0.15) is 42.1 Å². The lowest BCUT2D eigenvalue weighted by atomic mass is 10.1. The minimum atomic E-state index is -0.905. The number of carbonyl (C=O) groups excluding carboxylic acids is 3. The number of piperazine rings is 1. The van der Waals surface area contributed by atoms with E-state index >= 15 is 0 Å². The van der Waals surface area contributed by atoms with E-state index in [-0.39, 0.29) is 18.2 Å². The number of ether oxygens (including phenoxy) is 2. The molecule has 2 aromatic carbocycles. The lowest BCUT2D eigenvalue weighted by Crippen LogP contribution is -2.57. The number of unbranched alkanes of at least 4 members (excludes halogenated alkanes) is 1. The summed E-state index contributed by atoms with van der Waals surface area (Å²) in [6, 6.07) is 15.7. The molecular weight excluding hydrogens is 396 g/mol. The molecule has 0 bridgehead atoms. The molecule has 1 heterocycles. The van der Waals surface area contributed by atoms with Crippen LogP contribution in [0.4, 0.5) is 0 Å². The van der Waals surface area contributed by atoms with Crippen LogP contribution in [0.3, 0.4) is 0 Å². The Bertz CT molecular complexity index is 900. The first-order chi connectivity index (χ1) is 15.1. The topological polar surface area (TPSA) is 84.9 Å². The molecule has 31 heavy (non-hydrogen) atoms. The average Bonchev–Trinajstić information content (AvgIpc) is 2.79. The molecule has 1 saturated heterocycles. The molecule has 1 aliphatic heterocycles. The van der Waals surface area contributed by atoms with E-state index in [0.29, 0.717) is 37.6 Å². The predicted octanol–water partition coefficient (Wildman–Crippen LogP) is 2.94. The Morgan fingerprint density at radius 3 is 2.61 bits per heavy atom. The second kappa shape index (κ2) is 11.2.